The van der Waals surface area contributed by atoms with E-state index in [1.807, 2.05) is 71.9 Å². The fraction of sp³-hybridized carbons (Fsp3) is 0.585. The maximum absolute atomic E-state index is 6.38. The van der Waals surface area contributed by atoms with Gasteiger partial charge >= 0.3 is 0 Å². The van der Waals surface area contributed by atoms with Crippen LogP contribution in [0.5, 0.6) is 17.2 Å². The van der Waals surface area contributed by atoms with Crippen LogP contribution in [0.1, 0.15) is 89.0 Å². The number of allylic oxidation sites excluding steroid dienone is 1. The molecule has 8 nitrogen and oxygen atoms in total. The van der Waals surface area contributed by atoms with Crippen LogP contribution in [-0.2, 0) is 11.3 Å². The van der Waals surface area contributed by atoms with Gasteiger partial charge in [-0.1, -0.05) is 79.7 Å². The quantitative estimate of drug-likeness (QED) is 0.0668. The fourth-order valence-electron chi connectivity index (χ4n) is 4.88. The highest BCUT2D eigenvalue weighted by atomic mass is 16.5. The summed E-state index contributed by atoms with van der Waals surface area (Å²) in [7, 11) is 1.66. The molecule has 0 aliphatic rings. The van der Waals surface area contributed by atoms with Crippen molar-refractivity contribution in [2.24, 2.45) is 0 Å². The van der Waals surface area contributed by atoms with E-state index in [0.717, 1.165) is 98.3 Å². The second-order valence-corrected chi connectivity index (χ2v) is 10.7. The minimum atomic E-state index is 0.199. The van der Waals surface area contributed by atoms with E-state index >= 15 is 0 Å². The summed E-state index contributed by atoms with van der Waals surface area (Å²) in [6.07, 6.45) is 7.46. The smallest absolute Gasteiger partial charge is 0.150 e. The molecule has 1 unspecified atom stereocenters. The summed E-state index contributed by atoms with van der Waals surface area (Å²) in [5, 5.41) is 0. The Morgan fingerprint density at radius 1 is 0.837 bits per heavy atom. The number of imidazole rings is 1. The van der Waals surface area contributed by atoms with Gasteiger partial charge in [0.05, 0.1) is 31.1 Å². The molecule has 0 bridgehead atoms. The number of benzene rings is 2. The van der Waals surface area contributed by atoms with Crippen LogP contribution in [0.15, 0.2) is 61.4 Å². The van der Waals surface area contributed by atoms with Crippen LogP contribution in [0.4, 0.5) is 0 Å². The molecule has 0 aliphatic heterocycles. The van der Waals surface area contributed by atoms with E-state index in [0.29, 0.717) is 13.2 Å². The molecule has 8 heteroatoms. The van der Waals surface area contributed by atoms with Crippen LogP contribution < -0.4 is 14.2 Å². The second kappa shape index (κ2) is 28.5. The number of nitrogens with zero attached hydrogens (tertiary/aromatic N) is 4. The predicted octanol–water partition coefficient (Wildman–Crippen LogP) is 10.1. The lowest BCUT2D eigenvalue weighted by molar-refractivity contribution is 0.156. The van der Waals surface area contributed by atoms with Crippen molar-refractivity contribution in [2.45, 2.75) is 102 Å². The zero-order valence-electron chi connectivity index (χ0n) is 33.2. The Bertz CT molecular complexity index is 1280. The number of methoxy groups -OCH3 is 1. The summed E-state index contributed by atoms with van der Waals surface area (Å²) >= 11 is 0. The third-order valence-electron chi connectivity index (χ3n) is 7.80. The minimum Gasteiger partial charge on any atom is -0.493 e. The highest BCUT2D eigenvalue weighted by molar-refractivity contribution is 5.87. The number of ether oxygens (including phenoxy) is 4. The van der Waals surface area contributed by atoms with E-state index in [1.165, 1.54) is 0 Å². The number of hydrogen-bond donors (Lipinski definition) is 0. The van der Waals surface area contributed by atoms with Crippen molar-refractivity contribution < 1.29 is 18.9 Å². The van der Waals surface area contributed by atoms with Gasteiger partial charge in [-0.15, -0.1) is 6.58 Å². The Balaban J connectivity index is 0.00000204. The highest BCUT2D eigenvalue weighted by Crippen LogP contribution is 2.35. The zero-order chi connectivity index (χ0) is 37.0. The molecular formula is C41H70N4O4. The average Bonchev–Trinajstić information content (AvgIpc) is 3.54. The SMILES string of the molecule is C/C=C/Oc1cccc(-c2nc3c(OCCCN(CC)CC)cc(OCCCN(CC)CC)cc3n2CC)c1.C=CC(C)OC.CC.CC. The van der Waals surface area contributed by atoms with Gasteiger partial charge in [-0.2, -0.15) is 0 Å². The van der Waals surface area contributed by atoms with E-state index < -0.39 is 0 Å². The van der Waals surface area contributed by atoms with Gasteiger partial charge in [0, 0.05) is 44.4 Å². The van der Waals surface area contributed by atoms with Crippen molar-refractivity contribution in [3.05, 3.63) is 61.4 Å². The molecule has 278 valence electrons. The topological polar surface area (TPSA) is 61.2 Å². The number of rotatable bonds is 20. The first-order valence-electron chi connectivity index (χ1n) is 18.7. The van der Waals surface area contributed by atoms with E-state index in [4.69, 9.17) is 23.9 Å². The lowest BCUT2D eigenvalue weighted by atomic mass is 10.2. The molecule has 1 heterocycles. The molecule has 1 aromatic heterocycles. The molecule has 0 spiro atoms. The van der Waals surface area contributed by atoms with Gasteiger partial charge < -0.3 is 33.3 Å². The molecule has 2 aromatic carbocycles. The number of aromatic nitrogens is 2. The minimum absolute atomic E-state index is 0.199. The lowest BCUT2D eigenvalue weighted by Gasteiger charge is -2.18. The third kappa shape index (κ3) is 16.3. The summed E-state index contributed by atoms with van der Waals surface area (Å²) in [5.74, 6) is 3.28. The van der Waals surface area contributed by atoms with E-state index in [-0.39, 0.29) is 6.10 Å². The van der Waals surface area contributed by atoms with Crippen molar-refractivity contribution in [2.75, 3.05) is 59.6 Å². The molecule has 0 aliphatic carbocycles. The Morgan fingerprint density at radius 3 is 1.92 bits per heavy atom. The summed E-state index contributed by atoms with van der Waals surface area (Å²) in [6, 6.07) is 12.2. The fourth-order valence-corrected chi connectivity index (χ4v) is 4.88. The van der Waals surface area contributed by atoms with E-state index in [1.54, 1.807) is 19.4 Å². The van der Waals surface area contributed by atoms with E-state index in [9.17, 15) is 0 Å². The van der Waals surface area contributed by atoms with Gasteiger partial charge in [0.2, 0.25) is 0 Å². The molecule has 0 saturated heterocycles. The predicted molar refractivity (Wildman–Crippen MR) is 211 cm³/mol. The van der Waals surface area contributed by atoms with Crippen molar-refractivity contribution in [1.82, 2.24) is 19.4 Å². The van der Waals surface area contributed by atoms with Crippen molar-refractivity contribution >= 4 is 11.0 Å². The molecule has 0 N–H and O–H groups in total. The summed E-state index contributed by atoms with van der Waals surface area (Å²) in [5.41, 5.74) is 2.89. The lowest BCUT2D eigenvalue weighted by Crippen LogP contribution is -2.25. The molecule has 0 fully saturated rings. The number of fused-ring (bicyclic) bond motifs is 1. The van der Waals surface area contributed by atoms with Crippen LogP contribution >= 0.6 is 0 Å². The van der Waals surface area contributed by atoms with Gasteiger partial charge in [0.1, 0.15) is 22.8 Å². The molecule has 49 heavy (non-hydrogen) atoms. The average molecular weight is 683 g/mol. The van der Waals surface area contributed by atoms with Crippen molar-refractivity contribution in [3.8, 4) is 28.6 Å². The summed E-state index contributed by atoms with van der Waals surface area (Å²) in [4.78, 5) is 9.93. The van der Waals surface area contributed by atoms with Crippen LogP contribution in [-0.4, -0.2) is 85.0 Å². The number of aryl methyl sites for hydroxylation is 1. The Morgan fingerprint density at radius 2 is 1.43 bits per heavy atom. The van der Waals surface area contributed by atoms with Gasteiger partial charge in [-0.3, -0.25) is 0 Å². The molecule has 0 saturated carbocycles. The van der Waals surface area contributed by atoms with Crippen molar-refractivity contribution in [3.63, 3.8) is 0 Å². The van der Waals surface area contributed by atoms with Gasteiger partial charge in [-0.25, -0.2) is 4.98 Å². The van der Waals surface area contributed by atoms with Gasteiger partial charge in [-0.05, 0) is 71.9 Å². The van der Waals surface area contributed by atoms with E-state index in [2.05, 4.69) is 67.7 Å². The Kier molecular flexibility index (Phi) is 26.6. The monoisotopic (exact) mass is 683 g/mol. The summed E-state index contributed by atoms with van der Waals surface area (Å²) in [6.45, 7) is 34.7. The van der Waals surface area contributed by atoms with Crippen LogP contribution in [0.3, 0.4) is 0 Å². The summed E-state index contributed by atoms with van der Waals surface area (Å²) < 4.78 is 25.4. The maximum atomic E-state index is 6.38. The number of hydrogen-bond acceptors (Lipinski definition) is 7. The third-order valence-corrected chi connectivity index (χ3v) is 7.80. The molecule has 1 atom stereocenters. The first-order valence-corrected chi connectivity index (χ1v) is 18.7. The molecule has 0 amide bonds. The molecule has 3 aromatic rings. The van der Waals surface area contributed by atoms with Gasteiger partial charge in [0.25, 0.3) is 0 Å². The first-order chi connectivity index (χ1) is 23.9. The van der Waals surface area contributed by atoms with Crippen molar-refractivity contribution in [1.29, 1.82) is 0 Å². The molecule has 3 rings (SSSR count). The molecule has 0 radical (unpaired) electrons. The standard InChI is InChI=1S/C32H48N4O3.C5H10O.2C2H6/c1-7-20-37-27-17-13-16-26(23-27)32-33-31-29(36(32)12-6)24-28(38-21-14-18-34(8-2)9-3)25-30(31)39-22-15-19-35(10-4)11-5;1-4-5(2)6-3;2*1-2/h7,13,16-17,20,23-25H,8-12,14-15,18-19,21-22H2,1-6H3;4-5H,1H2,2-3H3;2*1-2H3/b20-7+;;;. The van der Waals surface area contributed by atoms with Crippen LogP contribution in [0, 0.1) is 0 Å². The molecular weight excluding hydrogens is 612 g/mol. The van der Waals surface area contributed by atoms with Crippen LogP contribution in [0.2, 0.25) is 0 Å². The Hall–Kier alpha value is -3.33. The normalized spacial score (nSPS) is 11.3. The highest BCUT2D eigenvalue weighted by Gasteiger charge is 2.18. The first kappa shape index (κ1) is 45.7. The maximum Gasteiger partial charge on any atom is 0.150 e. The zero-order valence-corrected chi connectivity index (χ0v) is 33.2. The van der Waals surface area contributed by atoms with Gasteiger partial charge in [0.15, 0.2) is 5.75 Å². The second-order valence-electron chi connectivity index (χ2n) is 10.7. The van der Waals surface area contributed by atoms with Crippen LogP contribution in [0.25, 0.3) is 22.4 Å². The largest absolute Gasteiger partial charge is 0.493 e. The Labute approximate surface area is 300 Å².